The van der Waals surface area contributed by atoms with Crippen molar-refractivity contribution < 1.29 is 8.76 Å². The molecule has 4 heteroatoms. The molecule has 1 N–H and O–H groups in total. The molecule has 0 saturated carbocycles. The van der Waals surface area contributed by atoms with Crippen LogP contribution in [0, 0.1) is 0 Å². The van der Waals surface area contributed by atoms with E-state index in [-0.39, 0.29) is 5.37 Å². The van der Waals surface area contributed by atoms with Gasteiger partial charge in [-0.3, -0.25) is 4.90 Å². The summed E-state index contributed by atoms with van der Waals surface area (Å²) < 4.78 is 19.6. The smallest absolute Gasteiger partial charge is 0.170 e. The predicted octanol–water partition coefficient (Wildman–Crippen LogP) is 1.04. The number of rotatable bonds is 3. The first kappa shape index (κ1) is 9.16. The van der Waals surface area contributed by atoms with Gasteiger partial charge in [-0.2, -0.15) is 0 Å². The minimum atomic E-state index is -1.65. The first-order valence-electron chi connectivity index (χ1n) is 4.09. The Labute approximate surface area is 70.1 Å². The van der Waals surface area contributed by atoms with Crippen LogP contribution in [0.4, 0.5) is 0 Å². The Morgan fingerprint density at radius 3 is 3.00 bits per heavy atom. The molecule has 0 aliphatic carbocycles. The van der Waals surface area contributed by atoms with Crippen molar-refractivity contribution in [1.82, 2.24) is 4.90 Å². The molecule has 11 heavy (non-hydrogen) atoms. The highest BCUT2D eigenvalue weighted by Gasteiger charge is 2.27. The summed E-state index contributed by atoms with van der Waals surface area (Å²) in [6.45, 7) is 4.04. The van der Waals surface area contributed by atoms with Crippen LogP contribution < -0.4 is 0 Å². The van der Waals surface area contributed by atoms with Gasteiger partial charge in [0.2, 0.25) is 0 Å². The van der Waals surface area contributed by atoms with Gasteiger partial charge in [-0.15, -0.1) is 0 Å². The van der Waals surface area contributed by atoms with Gasteiger partial charge in [-0.05, 0) is 32.4 Å². The molecule has 0 radical (unpaired) electrons. The van der Waals surface area contributed by atoms with Crippen LogP contribution in [0.2, 0.25) is 0 Å². The molecular formula is C7H15NO2S. The fraction of sp³-hybridized carbons (Fsp3) is 1.00. The van der Waals surface area contributed by atoms with E-state index in [9.17, 15) is 4.21 Å². The monoisotopic (exact) mass is 177 g/mol. The summed E-state index contributed by atoms with van der Waals surface area (Å²) >= 11 is -1.65. The van der Waals surface area contributed by atoms with Crippen molar-refractivity contribution in [1.29, 1.82) is 0 Å². The fourth-order valence-corrected chi connectivity index (χ4v) is 2.40. The summed E-state index contributed by atoms with van der Waals surface area (Å²) in [6.07, 6.45) is 3.01. The Morgan fingerprint density at radius 2 is 2.45 bits per heavy atom. The predicted molar refractivity (Wildman–Crippen MR) is 45.7 cm³/mol. The van der Waals surface area contributed by atoms with E-state index >= 15 is 0 Å². The molecule has 2 atom stereocenters. The molecule has 0 aromatic rings. The highest BCUT2D eigenvalue weighted by molar-refractivity contribution is 7.79. The van der Waals surface area contributed by atoms with Crippen LogP contribution in [0.15, 0.2) is 0 Å². The van der Waals surface area contributed by atoms with Crippen LogP contribution in [-0.4, -0.2) is 32.1 Å². The van der Waals surface area contributed by atoms with Crippen LogP contribution in [0.5, 0.6) is 0 Å². The van der Waals surface area contributed by atoms with E-state index in [1.54, 1.807) is 0 Å². The minimum Gasteiger partial charge on any atom is -0.305 e. The Kier molecular flexibility index (Phi) is 3.48. The standard InChI is InChI=1S/C7H15NO2S/c1-2-5-8-6-3-4-7(8)11(9)10/h7H,2-6H2,1H3,(H,9,10). The van der Waals surface area contributed by atoms with Crippen LogP contribution in [0.25, 0.3) is 0 Å². The van der Waals surface area contributed by atoms with Crippen molar-refractivity contribution >= 4 is 11.1 Å². The van der Waals surface area contributed by atoms with Gasteiger partial charge in [0, 0.05) is 0 Å². The Balaban J connectivity index is 2.44. The van der Waals surface area contributed by atoms with Gasteiger partial charge in [-0.1, -0.05) is 6.92 Å². The molecule has 1 heterocycles. The normalized spacial score (nSPS) is 29.1. The lowest BCUT2D eigenvalue weighted by Crippen LogP contribution is -2.33. The molecule has 0 spiro atoms. The second-order valence-electron chi connectivity index (χ2n) is 2.91. The lowest BCUT2D eigenvalue weighted by Gasteiger charge is -2.19. The third-order valence-electron chi connectivity index (χ3n) is 2.05. The maximum Gasteiger partial charge on any atom is 0.170 e. The van der Waals surface area contributed by atoms with E-state index in [0.717, 1.165) is 32.4 Å². The zero-order chi connectivity index (χ0) is 8.27. The van der Waals surface area contributed by atoms with E-state index < -0.39 is 11.1 Å². The minimum absolute atomic E-state index is 0.0880. The molecule has 1 rings (SSSR count). The summed E-state index contributed by atoms with van der Waals surface area (Å²) in [5.41, 5.74) is 0. The fourth-order valence-electron chi connectivity index (χ4n) is 1.57. The first-order valence-corrected chi connectivity index (χ1v) is 5.26. The van der Waals surface area contributed by atoms with Crippen LogP contribution in [0.3, 0.4) is 0 Å². The molecule has 1 aliphatic heterocycles. The third kappa shape index (κ3) is 2.25. The van der Waals surface area contributed by atoms with Crippen molar-refractivity contribution in [2.24, 2.45) is 0 Å². The quantitative estimate of drug-likeness (QED) is 0.655. The highest BCUT2D eigenvalue weighted by atomic mass is 32.2. The molecule has 1 saturated heterocycles. The summed E-state index contributed by atoms with van der Waals surface area (Å²) in [5.74, 6) is 0. The van der Waals surface area contributed by atoms with Gasteiger partial charge in [0.05, 0.1) is 0 Å². The molecule has 0 amide bonds. The molecule has 66 valence electrons. The van der Waals surface area contributed by atoms with E-state index in [1.165, 1.54) is 0 Å². The molecule has 0 aromatic heterocycles. The molecule has 1 aliphatic rings. The summed E-state index contributed by atoms with van der Waals surface area (Å²) in [7, 11) is 0. The van der Waals surface area contributed by atoms with Gasteiger partial charge < -0.3 is 4.55 Å². The van der Waals surface area contributed by atoms with E-state index in [4.69, 9.17) is 4.55 Å². The third-order valence-corrected chi connectivity index (χ3v) is 3.05. The van der Waals surface area contributed by atoms with Gasteiger partial charge >= 0.3 is 0 Å². The second kappa shape index (κ2) is 4.18. The number of nitrogens with zero attached hydrogens (tertiary/aromatic N) is 1. The van der Waals surface area contributed by atoms with Crippen molar-refractivity contribution in [3.05, 3.63) is 0 Å². The summed E-state index contributed by atoms with van der Waals surface area (Å²) in [6, 6.07) is 0. The highest BCUT2D eigenvalue weighted by Crippen LogP contribution is 2.18. The van der Waals surface area contributed by atoms with Gasteiger partial charge in [0.15, 0.2) is 11.1 Å². The lowest BCUT2D eigenvalue weighted by molar-refractivity contribution is 0.304. The second-order valence-corrected chi connectivity index (χ2v) is 4.01. The van der Waals surface area contributed by atoms with Crippen molar-refractivity contribution in [3.63, 3.8) is 0 Å². The Hall–Kier alpha value is 0.0700. The van der Waals surface area contributed by atoms with Gasteiger partial charge in [-0.25, -0.2) is 4.21 Å². The van der Waals surface area contributed by atoms with Crippen molar-refractivity contribution in [2.75, 3.05) is 13.1 Å². The van der Waals surface area contributed by atoms with Crippen LogP contribution >= 0.6 is 0 Å². The molecule has 3 nitrogen and oxygen atoms in total. The van der Waals surface area contributed by atoms with Crippen molar-refractivity contribution in [2.45, 2.75) is 31.6 Å². The zero-order valence-electron chi connectivity index (χ0n) is 6.82. The average molecular weight is 177 g/mol. The summed E-state index contributed by atoms with van der Waals surface area (Å²) in [4.78, 5) is 2.11. The first-order chi connectivity index (χ1) is 5.25. The van der Waals surface area contributed by atoms with Crippen LogP contribution in [-0.2, 0) is 11.1 Å². The maximum absolute atomic E-state index is 10.8. The number of likely N-dealkylation sites (tertiary alicyclic amines) is 1. The molecular weight excluding hydrogens is 162 g/mol. The molecule has 2 unspecified atom stereocenters. The van der Waals surface area contributed by atoms with E-state index in [1.807, 2.05) is 0 Å². The largest absolute Gasteiger partial charge is 0.305 e. The number of hydrogen-bond acceptors (Lipinski definition) is 2. The van der Waals surface area contributed by atoms with Crippen LogP contribution in [0.1, 0.15) is 26.2 Å². The topological polar surface area (TPSA) is 40.5 Å². The van der Waals surface area contributed by atoms with E-state index in [2.05, 4.69) is 11.8 Å². The molecule has 1 fully saturated rings. The van der Waals surface area contributed by atoms with E-state index in [0.29, 0.717) is 0 Å². The van der Waals surface area contributed by atoms with Gasteiger partial charge in [0.25, 0.3) is 0 Å². The lowest BCUT2D eigenvalue weighted by atomic mass is 10.4. The molecule has 0 bridgehead atoms. The SMILES string of the molecule is CCCN1CCCC1S(=O)O. The Bertz CT molecular complexity index is 151. The van der Waals surface area contributed by atoms with Crippen molar-refractivity contribution in [3.8, 4) is 0 Å². The average Bonchev–Trinajstić information content (AvgIpc) is 2.36. The number of hydrogen-bond donors (Lipinski definition) is 1. The summed E-state index contributed by atoms with van der Waals surface area (Å²) in [5, 5.41) is -0.0880. The van der Waals surface area contributed by atoms with Gasteiger partial charge in [0.1, 0.15) is 5.37 Å². The maximum atomic E-state index is 10.8. The zero-order valence-corrected chi connectivity index (χ0v) is 7.64. The molecule has 0 aromatic carbocycles. The Morgan fingerprint density at radius 1 is 1.73 bits per heavy atom.